The molecule has 2 aromatic carbocycles. The monoisotopic (exact) mass is 487 g/mol. The highest BCUT2D eigenvalue weighted by molar-refractivity contribution is 7.52. The largest absolute Gasteiger partial charge is 0.513 e. The minimum Gasteiger partial charge on any atom is -0.462 e. The molecular formula is C18H16ClF5NO5P. The Bertz CT molecular complexity index is 992. The summed E-state index contributed by atoms with van der Waals surface area (Å²) < 4.78 is 96.2. The SMILES string of the molecule is CC(C)OC(=O)[C@H](C)N[P@](=O)(Oc1ccc(Cl)cc1)Oc1c(F)c(F)c(F)c(F)c1F. The van der Waals surface area contributed by atoms with Crippen molar-refractivity contribution in [2.24, 2.45) is 0 Å². The third-order valence-electron chi connectivity index (χ3n) is 3.48. The van der Waals surface area contributed by atoms with Crippen molar-refractivity contribution in [1.29, 1.82) is 0 Å². The van der Waals surface area contributed by atoms with Gasteiger partial charge in [0.25, 0.3) is 0 Å². The molecule has 1 N–H and O–H groups in total. The van der Waals surface area contributed by atoms with Gasteiger partial charge >= 0.3 is 13.7 Å². The number of hydrogen-bond acceptors (Lipinski definition) is 5. The van der Waals surface area contributed by atoms with Crippen molar-refractivity contribution in [3.8, 4) is 11.5 Å². The van der Waals surface area contributed by atoms with Gasteiger partial charge in [-0.2, -0.15) is 13.9 Å². The summed E-state index contributed by atoms with van der Waals surface area (Å²) in [4.78, 5) is 12.0. The lowest BCUT2D eigenvalue weighted by atomic mass is 10.3. The van der Waals surface area contributed by atoms with Crippen molar-refractivity contribution in [2.45, 2.75) is 32.9 Å². The van der Waals surface area contributed by atoms with Crippen LogP contribution in [0.5, 0.6) is 11.5 Å². The minimum absolute atomic E-state index is 0.214. The molecule has 2 rings (SSSR count). The van der Waals surface area contributed by atoms with Crippen LogP contribution in [0.2, 0.25) is 5.02 Å². The highest BCUT2D eigenvalue weighted by Crippen LogP contribution is 2.47. The quantitative estimate of drug-likeness (QED) is 0.173. The number of rotatable bonds is 8. The van der Waals surface area contributed by atoms with Gasteiger partial charge in [0.1, 0.15) is 11.8 Å². The molecule has 0 amide bonds. The molecule has 2 aromatic rings. The van der Waals surface area contributed by atoms with E-state index in [-0.39, 0.29) is 10.8 Å². The first kappa shape index (κ1) is 24.9. The molecule has 170 valence electrons. The number of carbonyl (C=O) groups is 1. The molecule has 31 heavy (non-hydrogen) atoms. The lowest BCUT2D eigenvalue weighted by Gasteiger charge is -2.24. The van der Waals surface area contributed by atoms with E-state index in [2.05, 4.69) is 4.52 Å². The number of hydrogen-bond donors (Lipinski definition) is 1. The van der Waals surface area contributed by atoms with Gasteiger partial charge in [0, 0.05) is 5.02 Å². The van der Waals surface area contributed by atoms with E-state index >= 15 is 0 Å². The Balaban J connectivity index is 2.46. The van der Waals surface area contributed by atoms with Crippen LogP contribution >= 0.6 is 19.3 Å². The Morgan fingerprint density at radius 1 is 0.903 bits per heavy atom. The highest BCUT2D eigenvalue weighted by atomic mass is 35.5. The molecule has 0 heterocycles. The van der Waals surface area contributed by atoms with Crippen LogP contribution in [0.25, 0.3) is 0 Å². The molecule has 0 saturated heterocycles. The Kier molecular flexibility index (Phi) is 7.91. The van der Waals surface area contributed by atoms with Crippen molar-refractivity contribution in [3.05, 3.63) is 58.4 Å². The molecule has 0 fully saturated rings. The number of benzene rings is 2. The van der Waals surface area contributed by atoms with Gasteiger partial charge in [-0.3, -0.25) is 4.79 Å². The zero-order valence-corrected chi connectivity index (χ0v) is 17.9. The molecule has 0 aliphatic rings. The summed E-state index contributed by atoms with van der Waals surface area (Å²) in [5.41, 5.74) is 0. The molecule has 0 aliphatic carbocycles. The summed E-state index contributed by atoms with van der Waals surface area (Å²) in [6.07, 6.45) is -0.565. The number of nitrogens with one attached hydrogen (secondary N) is 1. The van der Waals surface area contributed by atoms with Crippen molar-refractivity contribution in [2.75, 3.05) is 0 Å². The fourth-order valence-corrected chi connectivity index (χ4v) is 3.76. The Morgan fingerprint density at radius 3 is 1.87 bits per heavy atom. The Labute approximate surface area is 178 Å². The molecular weight excluding hydrogens is 472 g/mol. The van der Waals surface area contributed by atoms with Crippen molar-refractivity contribution in [1.82, 2.24) is 5.09 Å². The molecule has 0 aromatic heterocycles. The summed E-state index contributed by atoms with van der Waals surface area (Å²) in [6, 6.07) is 3.55. The molecule has 0 aliphatic heterocycles. The molecule has 0 saturated carbocycles. The molecule has 0 bridgehead atoms. The number of carbonyl (C=O) groups excluding carboxylic acids is 1. The van der Waals surface area contributed by atoms with Crippen LogP contribution in [0.1, 0.15) is 20.8 Å². The van der Waals surface area contributed by atoms with Crippen LogP contribution < -0.4 is 14.1 Å². The predicted molar refractivity (Wildman–Crippen MR) is 100 cm³/mol. The van der Waals surface area contributed by atoms with Gasteiger partial charge < -0.3 is 13.8 Å². The van der Waals surface area contributed by atoms with Gasteiger partial charge in [0.05, 0.1) is 6.10 Å². The average molecular weight is 488 g/mol. The molecule has 2 atom stereocenters. The molecule has 0 radical (unpaired) electrons. The molecule has 0 spiro atoms. The average Bonchev–Trinajstić information content (AvgIpc) is 2.69. The van der Waals surface area contributed by atoms with Crippen LogP contribution in [0, 0.1) is 29.1 Å². The van der Waals surface area contributed by atoms with Crippen molar-refractivity contribution in [3.63, 3.8) is 0 Å². The predicted octanol–water partition coefficient (Wildman–Crippen LogP) is 5.53. The lowest BCUT2D eigenvalue weighted by molar-refractivity contribution is -0.149. The van der Waals surface area contributed by atoms with E-state index in [1.165, 1.54) is 38.1 Å². The van der Waals surface area contributed by atoms with Gasteiger partial charge in [-0.05, 0) is 45.0 Å². The fraction of sp³-hybridized carbons (Fsp3) is 0.278. The van der Waals surface area contributed by atoms with Crippen molar-refractivity contribution >= 4 is 25.3 Å². The topological polar surface area (TPSA) is 73.9 Å². The first-order valence-corrected chi connectivity index (χ1v) is 10.5. The van der Waals surface area contributed by atoms with E-state index in [9.17, 15) is 31.3 Å². The van der Waals surface area contributed by atoms with Gasteiger partial charge in [-0.1, -0.05) is 11.6 Å². The molecule has 0 unspecified atom stereocenters. The second kappa shape index (κ2) is 9.84. The Morgan fingerprint density at radius 2 is 1.39 bits per heavy atom. The zero-order valence-electron chi connectivity index (χ0n) is 16.2. The summed E-state index contributed by atoms with van der Waals surface area (Å²) in [6.45, 7) is 4.21. The summed E-state index contributed by atoms with van der Waals surface area (Å²) in [7, 11) is -4.97. The maximum atomic E-state index is 14.0. The lowest BCUT2D eigenvalue weighted by Crippen LogP contribution is -2.37. The maximum absolute atomic E-state index is 14.0. The van der Waals surface area contributed by atoms with E-state index in [1.54, 1.807) is 0 Å². The third kappa shape index (κ3) is 6.09. The summed E-state index contributed by atoms with van der Waals surface area (Å²) in [5.74, 6) is -14.8. The Hall–Kier alpha value is -2.36. The number of ether oxygens (including phenoxy) is 1. The van der Waals surface area contributed by atoms with Crippen molar-refractivity contribution < 1.29 is 45.1 Å². The normalized spacial score (nSPS) is 14.1. The smallest absolute Gasteiger partial charge is 0.462 e. The minimum atomic E-state index is -4.97. The summed E-state index contributed by atoms with van der Waals surface area (Å²) in [5, 5.41) is 2.30. The van der Waals surface area contributed by atoms with E-state index < -0.39 is 60.7 Å². The number of esters is 1. The summed E-state index contributed by atoms with van der Waals surface area (Å²) >= 11 is 5.73. The highest BCUT2D eigenvalue weighted by Gasteiger charge is 2.38. The van der Waals surface area contributed by atoms with E-state index in [0.29, 0.717) is 0 Å². The maximum Gasteiger partial charge on any atom is 0.513 e. The first-order chi connectivity index (χ1) is 14.3. The zero-order chi connectivity index (χ0) is 23.5. The van der Waals surface area contributed by atoms with Gasteiger partial charge in [-0.25, -0.2) is 17.7 Å². The molecule has 13 heteroatoms. The van der Waals surface area contributed by atoms with E-state index in [1.807, 2.05) is 5.09 Å². The van der Waals surface area contributed by atoms with Crippen LogP contribution in [0.15, 0.2) is 24.3 Å². The van der Waals surface area contributed by atoms with Crippen LogP contribution in [-0.4, -0.2) is 18.1 Å². The second-order valence-corrected chi connectivity index (χ2v) is 8.42. The van der Waals surface area contributed by atoms with Crippen LogP contribution in [-0.2, 0) is 14.1 Å². The first-order valence-electron chi connectivity index (χ1n) is 8.59. The fourth-order valence-electron chi connectivity index (χ4n) is 2.11. The van der Waals surface area contributed by atoms with Gasteiger partial charge in [0.15, 0.2) is 0 Å². The van der Waals surface area contributed by atoms with Gasteiger partial charge in [0.2, 0.25) is 34.8 Å². The van der Waals surface area contributed by atoms with Crippen LogP contribution in [0.4, 0.5) is 22.0 Å². The standard InChI is InChI=1S/C18H16ClF5NO5P/c1-8(2)28-18(26)9(3)25-31(27,29-11-6-4-10(19)5-7-11)30-17-15(23)13(21)12(20)14(22)16(17)24/h4-9H,1-3H3,(H,25,27)/t9-,31-/m0/s1. The van der Waals surface area contributed by atoms with Gasteiger partial charge in [-0.15, -0.1) is 0 Å². The number of halogens is 6. The van der Waals surface area contributed by atoms with Crippen LogP contribution in [0.3, 0.4) is 0 Å². The molecule has 6 nitrogen and oxygen atoms in total. The van der Waals surface area contributed by atoms with E-state index in [4.69, 9.17) is 20.9 Å². The van der Waals surface area contributed by atoms with E-state index in [0.717, 1.165) is 6.92 Å². The second-order valence-electron chi connectivity index (χ2n) is 6.37. The third-order valence-corrected chi connectivity index (χ3v) is 5.31.